The zero-order valence-electron chi connectivity index (χ0n) is 27.8. The number of amidine groups is 1. The highest BCUT2D eigenvalue weighted by Crippen LogP contribution is 2.36. The van der Waals surface area contributed by atoms with Crippen molar-refractivity contribution < 1.29 is 50.7 Å². The molecule has 1 saturated carbocycles. The zero-order chi connectivity index (χ0) is 37.5. The molecule has 3 atom stereocenters. The molecule has 2 aliphatic heterocycles. The van der Waals surface area contributed by atoms with Crippen LogP contribution >= 0.6 is 11.3 Å². The quantitative estimate of drug-likeness (QED) is 0.0525. The Bertz CT molecular complexity index is 1860. The average molecular weight is 755 g/mol. The van der Waals surface area contributed by atoms with E-state index >= 15 is 4.39 Å². The molecule has 2 aromatic rings. The van der Waals surface area contributed by atoms with Crippen LogP contribution in [0.3, 0.4) is 0 Å². The Hall–Kier alpha value is -4.44. The van der Waals surface area contributed by atoms with E-state index in [-0.39, 0.29) is 35.7 Å². The number of carboxylic acids is 1. The molecular weight excluding hydrogens is 716 g/mol. The number of benzene rings is 1. The summed E-state index contributed by atoms with van der Waals surface area (Å²) in [4.78, 5) is 48.3. The van der Waals surface area contributed by atoms with E-state index in [9.17, 15) is 27.9 Å². The Morgan fingerprint density at radius 2 is 1.98 bits per heavy atom. The summed E-state index contributed by atoms with van der Waals surface area (Å²) >= 11 is 0.946. The smallest absolute Gasteiger partial charge is 0.418 e. The number of fused-ring (bicyclic) bond motifs is 1. The third-order valence-electron chi connectivity index (χ3n) is 9.27. The molecule has 0 spiro atoms. The lowest BCUT2D eigenvalue weighted by Crippen LogP contribution is -2.76. The predicted octanol–water partition coefficient (Wildman–Crippen LogP) is 1.05. The highest BCUT2D eigenvalue weighted by Gasteiger charge is 2.58. The van der Waals surface area contributed by atoms with Crippen molar-refractivity contribution in [3.8, 4) is 5.75 Å². The second-order valence-corrected chi connectivity index (χ2v) is 15.3. The molecule has 9 N–H and O–H groups in total. The highest BCUT2D eigenvalue weighted by molar-refractivity contribution is 7.80. The molecule has 2 amide bonds. The van der Waals surface area contributed by atoms with Gasteiger partial charge in [0.2, 0.25) is 0 Å². The first-order valence-electron chi connectivity index (χ1n) is 15.8. The van der Waals surface area contributed by atoms with Gasteiger partial charge in [0.25, 0.3) is 17.4 Å². The van der Waals surface area contributed by atoms with Crippen LogP contribution < -0.4 is 26.8 Å². The number of amides is 2. The Labute approximate surface area is 296 Å². The third kappa shape index (κ3) is 8.06. The molecule has 0 unspecified atom stereocenters. The van der Waals surface area contributed by atoms with Crippen LogP contribution in [0.15, 0.2) is 28.7 Å². The number of rotatable bonds is 12. The number of nitrogens with two attached hydrogens (primary N) is 2. The average Bonchev–Trinajstić information content (AvgIpc) is 3.50. The van der Waals surface area contributed by atoms with Crippen LogP contribution in [0.1, 0.15) is 69.7 Å². The number of anilines is 1. The lowest BCUT2D eigenvalue weighted by molar-refractivity contribution is -0.218. The van der Waals surface area contributed by atoms with Crippen molar-refractivity contribution in [3.63, 3.8) is 0 Å². The number of hydrogen-bond acceptors (Lipinski definition) is 14. The van der Waals surface area contributed by atoms with Gasteiger partial charge in [-0.3, -0.25) is 19.6 Å². The number of β-lactam (4-membered cyclic amide) rings is 1. The number of carboxylic acid groups (broad SMARTS) is 1. The number of hydrogen-bond donors (Lipinski definition) is 7. The van der Waals surface area contributed by atoms with E-state index in [1.165, 1.54) is 26.2 Å². The molecule has 51 heavy (non-hydrogen) atoms. The van der Waals surface area contributed by atoms with E-state index in [1.807, 2.05) is 0 Å². The molecule has 1 aromatic heterocycles. The number of nitrogens with one attached hydrogen (secondary N) is 3. The molecule has 5 rings (SSSR count). The van der Waals surface area contributed by atoms with E-state index < -0.39 is 62.8 Å². The van der Waals surface area contributed by atoms with Gasteiger partial charge in [0.1, 0.15) is 29.0 Å². The summed E-state index contributed by atoms with van der Waals surface area (Å²) in [5.41, 5.74) is 7.09. The van der Waals surface area contributed by atoms with Gasteiger partial charge in [0.15, 0.2) is 16.9 Å². The molecule has 18 nitrogen and oxygen atoms in total. The van der Waals surface area contributed by atoms with E-state index in [4.69, 9.17) is 31.0 Å². The van der Waals surface area contributed by atoms with Gasteiger partial charge < -0.3 is 36.8 Å². The zero-order valence-corrected chi connectivity index (χ0v) is 29.5. The SMILES string of the molecule is CC1(C)[C@H](NC(=O)/C(=N\O[C@](C)(C(=O)O)[C@H]2CCc3cc(C(=N)NCC4(F)CCC(N)CC4)ccc3O2)c2csc(N)n2)C(=O)N1OS(=O)(=O)O. The Morgan fingerprint density at radius 1 is 1.29 bits per heavy atom. The first-order chi connectivity index (χ1) is 23.7. The van der Waals surface area contributed by atoms with E-state index in [0.29, 0.717) is 54.0 Å². The van der Waals surface area contributed by atoms with Crippen LogP contribution in [-0.4, -0.2) is 99.0 Å². The number of aliphatic carboxylic acids is 1. The summed E-state index contributed by atoms with van der Waals surface area (Å²) < 4.78 is 56.9. The Balaban J connectivity index is 1.30. The number of alkyl halides is 1. The topological polar surface area (TPSA) is 282 Å². The minimum absolute atomic E-state index is 0.0130. The molecule has 1 aromatic carbocycles. The van der Waals surface area contributed by atoms with Gasteiger partial charge in [-0.15, -0.1) is 15.6 Å². The molecule has 2 fully saturated rings. The second kappa shape index (κ2) is 13.9. The molecular formula is C30H39FN8O10S2. The summed E-state index contributed by atoms with van der Waals surface area (Å²) in [6, 6.07) is 3.51. The number of thiazole rings is 1. The van der Waals surface area contributed by atoms with Crippen molar-refractivity contribution in [1.82, 2.24) is 20.7 Å². The van der Waals surface area contributed by atoms with Gasteiger partial charge in [-0.05, 0) is 83.1 Å². The predicted molar refractivity (Wildman–Crippen MR) is 180 cm³/mol. The molecule has 3 heterocycles. The van der Waals surface area contributed by atoms with Crippen molar-refractivity contribution in [2.45, 2.75) is 94.3 Å². The minimum atomic E-state index is -5.04. The van der Waals surface area contributed by atoms with E-state index in [2.05, 4.69) is 25.1 Å². The maximum Gasteiger partial charge on any atom is 0.418 e. The Morgan fingerprint density at radius 3 is 2.57 bits per heavy atom. The number of hydroxylamine groups is 2. The lowest BCUT2D eigenvalue weighted by Gasteiger charge is -2.50. The number of halogens is 1. The van der Waals surface area contributed by atoms with Crippen molar-refractivity contribution in [2.75, 3.05) is 12.3 Å². The summed E-state index contributed by atoms with van der Waals surface area (Å²) in [7, 11) is -5.04. The fourth-order valence-electron chi connectivity index (χ4n) is 6.01. The summed E-state index contributed by atoms with van der Waals surface area (Å²) in [6.45, 7) is 3.90. The standard InChI is InChI=1S/C30H39FN8O10S2/c1-28(2)22(25(41)39(28)49-51(44,45)46)37-24(40)21(18-13-50-27(34)36-18)38-48-29(3,26(42)43)20-7-5-15-12-16(4-6-19(15)47-20)23(33)35-14-30(31)10-8-17(32)9-11-30/h4,6,12-13,17,20,22H,5,7-11,14,32H2,1-3H3,(H2,33,35)(H2,34,36)(H,37,40)(H,42,43)(H,44,45,46)/b38-21-/t17?,20-,22-,29+,30?/m1/s1. The van der Waals surface area contributed by atoms with Crippen LogP contribution in [-0.2, 0) is 40.3 Å². The van der Waals surface area contributed by atoms with Gasteiger partial charge in [-0.2, -0.15) is 13.5 Å². The first kappa shape index (κ1) is 37.8. The molecule has 0 bridgehead atoms. The molecule has 1 aliphatic carbocycles. The fourth-order valence-corrected chi connectivity index (χ4v) is 7.01. The van der Waals surface area contributed by atoms with Gasteiger partial charge in [-0.25, -0.2) is 14.2 Å². The summed E-state index contributed by atoms with van der Waals surface area (Å²) in [6.07, 6.45) is 1.12. The number of aryl methyl sites for hydroxylation is 1. The first-order valence-corrected chi connectivity index (χ1v) is 18.1. The number of nitrogen functional groups attached to an aromatic ring is 1. The largest absolute Gasteiger partial charge is 0.485 e. The maximum atomic E-state index is 15.2. The number of nitrogens with zero attached hydrogens (tertiary/aromatic N) is 3. The maximum absolute atomic E-state index is 15.2. The molecule has 0 radical (unpaired) electrons. The van der Waals surface area contributed by atoms with Gasteiger partial charge in [-0.1, -0.05) is 5.16 Å². The summed E-state index contributed by atoms with van der Waals surface area (Å²) in [5.74, 6) is -3.17. The summed E-state index contributed by atoms with van der Waals surface area (Å²) in [5, 5.41) is 29.6. The lowest BCUT2D eigenvalue weighted by atomic mass is 9.84. The van der Waals surface area contributed by atoms with Crippen molar-refractivity contribution in [2.24, 2.45) is 10.9 Å². The van der Waals surface area contributed by atoms with Crippen molar-refractivity contribution in [3.05, 3.63) is 40.4 Å². The van der Waals surface area contributed by atoms with Crippen LogP contribution in [0.4, 0.5) is 9.52 Å². The Kier molecular flexibility index (Phi) is 10.3. The molecule has 278 valence electrons. The number of oxime groups is 1. The van der Waals surface area contributed by atoms with Crippen molar-refractivity contribution in [1.29, 1.82) is 5.41 Å². The number of aromatic nitrogens is 1. The number of carbonyl (C=O) groups excluding carboxylic acids is 2. The fraction of sp³-hybridized carbons (Fsp3) is 0.533. The number of ether oxygens (including phenoxy) is 1. The van der Waals surface area contributed by atoms with E-state index in [1.54, 1.807) is 18.2 Å². The van der Waals surface area contributed by atoms with Crippen LogP contribution in [0.25, 0.3) is 0 Å². The highest BCUT2D eigenvalue weighted by atomic mass is 32.3. The third-order valence-corrected chi connectivity index (χ3v) is 10.3. The van der Waals surface area contributed by atoms with Crippen molar-refractivity contribution >= 4 is 56.2 Å². The minimum Gasteiger partial charge on any atom is -0.485 e. The molecule has 1 saturated heterocycles. The van der Waals surface area contributed by atoms with E-state index in [0.717, 1.165) is 11.3 Å². The molecule has 21 heteroatoms. The number of carbonyl (C=O) groups is 3. The van der Waals surface area contributed by atoms with Gasteiger partial charge in [0.05, 0.1) is 12.1 Å². The normalized spacial score (nSPS) is 25.8. The van der Waals surface area contributed by atoms with Crippen LogP contribution in [0.2, 0.25) is 0 Å². The van der Waals surface area contributed by atoms with Crippen LogP contribution in [0, 0.1) is 5.41 Å². The second-order valence-electron chi connectivity index (χ2n) is 13.4. The van der Waals surface area contributed by atoms with Crippen LogP contribution in [0.5, 0.6) is 5.75 Å². The van der Waals surface area contributed by atoms with Gasteiger partial charge in [0, 0.05) is 17.0 Å². The monoisotopic (exact) mass is 754 g/mol. The van der Waals surface area contributed by atoms with Gasteiger partial charge >= 0.3 is 16.4 Å². The molecule has 3 aliphatic rings.